The van der Waals surface area contributed by atoms with Crippen molar-refractivity contribution in [3.8, 4) is 0 Å². The summed E-state index contributed by atoms with van der Waals surface area (Å²) >= 11 is 0. The highest BCUT2D eigenvalue weighted by atomic mass is 16.7. The number of carbonyl (C=O) groups excluding carboxylic acids is 1. The van der Waals surface area contributed by atoms with Gasteiger partial charge in [0.1, 0.15) is 6.10 Å². The Morgan fingerprint density at radius 1 is 1.47 bits per heavy atom. The predicted octanol–water partition coefficient (Wildman–Crippen LogP) is 1.18. The molecule has 0 aromatic carbocycles. The molecular formula is C14H26N2O3. The van der Waals surface area contributed by atoms with Crippen LogP contribution in [-0.4, -0.2) is 43.0 Å². The highest BCUT2D eigenvalue weighted by Gasteiger charge is 2.40. The van der Waals surface area contributed by atoms with Gasteiger partial charge >= 0.3 is 0 Å². The van der Waals surface area contributed by atoms with Crippen molar-refractivity contribution < 1.29 is 14.3 Å². The van der Waals surface area contributed by atoms with Crippen LogP contribution >= 0.6 is 0 Å². The summed E-state index contributed by atoms with van der Waals surface area (Å²) in [6, 6.07) is 0. The van der Waals surface area contributed by atoms with E-state index in [9.17, 15) is 4.79 Å². The summed E-state index contributed by atoms with van der Waals surface area (Å²) in [5.74, 6) is -0.414. The summed E-state index contributed by atoms with van der Waals surface area (Å²) in [6.07, 6.45) is 3.87. The molecule has 0 aliphatic carbocycles. The molecule has 2 aliphatic heterocycles. The molecule has 110 valence electrons. The molecule has 0 radical (unpaired) electrons. The van der Waals surface area contributed by atoms with Crippen LogP contribution in [0.1, 0.15) is 46.5 Å². The van der Waals surface area contributed by atoms with Crippen LogP contribution in [0.2, 0.25) is 0 Å². The molecule has 2 rings (SSSR count). The lowest BCUT2D eigenvalue weighted by molar-refractivity contribution is -0.140. The second-order valence-electron chi connectivity index (χ2n) is 6.02. The Kier molecular flexibility index (Phi) is 4.48. The van der Waals surface area contributed by atoms with Gasteiger partial charge in [-0.1, -0.05) is 13.3 Å². The van der Waals surface area contributed by atoms with Gasteiger partial charge in [-0.3, -0.25) is 4.79 Å². The van der Waals surface area contributed by atoms with E-state index in [1.807, 2.05) is 13.8 Å². The number of hydrogen-bond acceptors (Lipinski definition) is 4. The van der Waals surface area contributed by atoms with Gasteiger partial charge in [0, 0.05) is 6.54 Å². The van der Waals surface area contributed by atoms with E-state index in [0.29, 0.717) is 13.2 Å². The Bertz CT molecular complexity index is 325. The first kappa shape index (κ1) is 14.8. The van der Waals surface area contributed by atoms with Crippen LogP contribution < -0.4 is 10.6 Å². The van der Waals surface area contributed by atoms with Gasteiger partial charge in [-0.05, 0) is 39.7 Å². The highest BCUT2D eigenvalue weighted by Crippen LogP contribution is 2.25. The van der Waals surface area contributed by atoms with E-state index in [2.05, 4.69) is 17.6 Å². The normalized spacial score (nSPS) is 33.5. The molecule has 2 fully saturated rings. The lowest BCUT2D eigenvalue weighted by Gasteiger charge is -2.28. The molecule has 0 aromatic rings. The van der Waals surface area contributed by atoms with Crippen molar-refractivity contribution in [1.82, 2.24) is 10.6 Å². The molecule has 19 heavy (non-hydrogen) atoms. The van der Waals surface area contributed by atoms with E-state index >= 15 is 0 Å². The zero-order chi connectivity index (χ0) is 13.9. The maximum absolute atomic E-state index is 12.4. The summed E-state index contributed by atoms with van der Waals surface area (Å²) in [6.45, 7) is 7.91. The van der Waals surface area contributed by atoms with Crippen LogP contribution in [0.4, 0.5) is 0 Å². The van der Waals surface area contributed by atoms with Crippen molar-refractivity contribution in [2.45, 2.75) is 63.9 Å². The first-order valence-corrected chi connectivity index (χ1v) is 7.32. The van der Waals surface area contributed by atoms with Crippen LogP contribution in [0.5, 0.6) is 0 Å². The fourth-order valence-corrected chi connectivity index (χ4v) is 2.99. The summed E-state index contributed by atoms with van der Waals surface area (Å²) in [5.41, 5.74) is -0.357. The number of rotatable bonds is 5. The molecule has 0 aromatic heterocycles. The van der Waals surface area contributed by atoms with E-state index in [4.69, 9.17) is 9.47 Å². The van der Waals surface area contributed by atoms with Gasteiger partial charge in [0.05, 0.1) is 12.1 Å². The average Bonchev–Trinajstić information content (AvgIpc) is 2.94. The van der Waals surface area contributed by atoms with Crippen LogP contribution in [0.25, 0.3) is 0 Å². The quantitative estimate of drug-likeness (QED) is 0.787. The van der Waals surface area contributed by atoms with Gasteiger partial charge in [0.2, 0.25) is 5.91 Å². The lowest BCUT2D eigenvalue weighted by atomic mass is 9.91. The standard InChI is InChI=1S/C14H26N2O3/c1-4-6-14(7-5-8-16-14)12(17)15-9-11-10-18-13(2,3)19-11/h11,16H,4-10H2,1-3H3,(H,15,17). The number of carbonyl (C=O) groups is 1. The minimum atomic E-state index is -0.526. The highest BCUT2D eigenvalue weighted by molar-refractivity contribution is 5.86. The molecule has 2 heterocycles. The SMILES string of the molecule is CCCC1(C(=O)NCC2COC(C)(C)O2)CCCN1. The third kappa shape index (κ3) is 3.46. The van der Waals surface area contributed by atoms with Gasteiger partial charge in [-0.2, -0.15) is 0 Å². The second kappa shape index (κ2) is 5.77. The molecule has 2 unspecified atom stereocenters. The van der Waals surface area contributed by atoms with Crippen LogP contribution in [-0.2, 0) is 14.3 Å². The van der Waals surface area contributed by atoms with E-state index in [1.54, 1.807) is 0 Å². The average molecular weight is 270 g/mol. The maximum atomic E-state index is 12.4. The molecular weight excluding hydrogens is 244 g/mol. The zero-order valence-electron chi connectivity index (χ0n) is 12.3. The minimum absolute atomic E-state index is 0.0426. The Hall–Kier alpha value is -0.650. The van der Waals surface area contributed by atoms with E-state index in [0.717, 1.165) is 32.2 Å². The summed E-state index contributed by atoms with van der Waals surface area (Å²) in [7, 11) is 0. The lowest BCUT2D eigenvalue weighted by Crippen LogP contribution is -2.54. The second-order valence-corrected chi connectivity index (χ2v) is 6.02. The van der Waals surface area contributed by atoms with Crippen LogP contribution in [0, 0.1) is 0 Å². The molecule has 2 aliphatic rings. The molecule has 2 saturated heterocycles. The Morgan fingerprint density at radius 2 is 2.26 bits per heavy atom. The third-order valence-corrected chi connectivity index (χ3v) is 3.91. The summed E-state index contributed by atoms with van der Waals surface area (Å²) < 4.78 is 11.2. The fourth-order valence-electron chi connectivity index (χ4n) is 2.99. The summed E-state index contributed by atoms with van der Waals surface area (Å²) in [4.78, 5) is 12.4. The zero-order valence-corrected chi connectivity index (χ0v) is 12.3. The van der Waals surface area contributed by atoms with Crippen molar-refractivity contribution in [2.75, 3.05) is 19.7 Å². The number of ether oxygens (including phenoxy) is 2. The predicted molar refractivity (Wildman–Crippen MR) is 72.8 cm³/mol. The molecule has 5 nitrogen and oxygen atoms in total. The van der Waals surface area contributed by atoms with Crippen molar-refractivity contribution in [3.05, 3.63) is 0 Å². The van der Waals surface area contributed by atoms with Gasteiger partial charge in [-0.25, -0.2) is 0 Å². The van der Waals surface area contributed by atoms with Gasteiger partial charge in [0.25, 0.3) is 0 Å². The Labute approximate surface area is 115 Å². The fraction of sp³-hybridized carbons (Fsp3) is 0.929. The Morgan fingerprint density at radius 3 is 2.79 bits per heavy atom. The molecule has 0 spiro atoms. The molecule has 5 heteroatoms. The topological polar surface area (TPSA) is 59.6 Å². The van der Waals surface area contributed by atoms with Gasteiger partial charge in [-0.15, -0.1) is 0 Å². The number of amides is 1. The minimum Gasteiger partial charge on any atom is -0.352 e. The maximum Gasteiger partial charge on any atom is 0.240 e. The van der Waals surface area contributed by atoms with E-state index in [1.165, 1.54) is 0 Å². The molecule has 1 amide bonds. The molecule has 2 N–H and O–H groups in total. The Balaban J connectivity index is 1.83. The monoisotopic (exact) mass is 270 g/mol. The smallest absolute Gasteiger partial charge is 0.240 e. The van der Waals surface area contributed by atoms with E-state index < -0.39 is 5.79 Å². The molecule has 0 saturated carbocycles. The van der Waals surface area contributed by atoms with Crippen molar-refractivity contribution in [3.63, 3.8) is 0 Å². The summed E-state index contributed by atoms with van der Waals surface area (Å²) in [5, 5.41) is 6.40. The molecule has 0 bridgehead atoms. The molecule has 2 atom stereocenters. The van der Waals surface area contributed by atoms with Crippen molar-refractivity contribution >= 4 is 5.91 Å². The van der Waals surface area contributed by atoms with Crippen LogP contribution in [0.15, 0.2) is 0 Å². The largest absolute Gasteiger partial charge is 0.352 e. The van der Waals surface area contributed by atoms with Crippen molar-refractivity contribution in [1.29, 1.82) is 0 Å². The van der Waals surface area contributed by atoms with Crippen LogP contribution in [0.3, 0.4) is 0 Å². The number of hydrogen-bond donors (Lipinski definition) is 2. The number of nitrogens with one attached hydrogen (secondary N) is 2. The third-order valence-electron chi connectivity index (χ3n) is 3.91. The van der Waals surface area contributed by atoms with E-state index in [-0.39, 0.29) is 17.6 Å². The first-order valence-electron chi connectivity index (χ1n) is 7.32. The van der Waals surface area contributed by atoms with Crippen molar-refractivity contribution in [2.24, 2.45) is 0 Å². The van der Waals surface area contributed by atoms with Gasteiger partial charge < -0.3 is 20.1 Å². The first-order chi connectivity index (χ1) is 8.97. The van der Waals surface area contributed by atoms with Gasteiger partial charge in [0.15, 0.2) is 5.79 Å².